The van der Waals surface area contributed by atoms with Gasteiger partial charge in [-0.2, -0.15) is 0 Å². The van der Waals surface area contributed by atoms with E-state index in [4.69, 9.17) is 4.74 Å². The highest BCUT2D eigenvalue weighted by atomic mass is 32.1. The Bertz CT molecular complexity index is 946. The van der Waals surface area contributed by atoms with Gasteiger partial charge < -0.3 is 4.74 Å². The number of amides is 1. The summed E-state index contributed by atoms with van der Waals surface area (Å²) in [6, 6.07) is 4.44. The molecule has 1 fully saturated rings. The van der Waals surface area contributed by atoms with Crippen molar-refractivity contribution in [3.8, 4) is 0 Å². The average molecular weight is 401 g/mol. The Hall–Kier alpha value is -2.49. The fourth-order valence-electron chi connectivity index (χ4n) is 3.11. The number of halogens is 1. The molecular weight excluding hydrogens is 381 g/mol. The summed E-state index contributed by atoms with van der Waals surface area (Å²) >= 11 is 1.30. The maximum atomic E-state index is 13.5. The van der Waals surface area contributed by atoms with Gasteiger partial charge in [0.2, 0.25) is 0 Å². The summed E-state index contributed by atoms with van der Waals surface area (Å²) in [6.07, 6.45) is 5.26. The number of rotatable bonds is 6. The van der Waals surface area contributed by atoms with Gasteiger partial charge in [0, 0.05) is 38.6 Å². The van der Waals surface area contributed by atoms with Crippen molar-refractivity contribution in [1.82, 2.24) is 19.9 Å². The molecule has 0 spiro atoms. The van der Waals surface area contributed by atoms with E-state index in [1.807, 2.05) is 0 Å². The monoisotopic (exact) mass is 401 g/mol. The number of thiazole rings is 1. The number of fused-ring (bicyclic) bond motifs is 1. The van der Waals surface area contributed by atoms with Gasteiger partial charge in [0.1, 0.15) is 11.5 Å². The number of morpholine rings is 1. The predicted molar refractivity (Wildman–Crippen MR) is 105 cm³/mol. The van der Waals surface area contributed by atoms with Crippen LogP contribution in [0.25, 0.3) is 10.2 Å². The van der Waals surface area contributed by atoms with E-state index in [2.05, 4.69) is 19.9 Å². The lowest BCUT2D eigenvalue weighted by atomic mass is 10.3. The van der Waals surface area contributed by atoms with Gasteiger partial charge in [-0.25, -0.2) is 14.4 Å². The Morgan fingerprint density at radius 3 is 2.93 bits per heavy atom. The minimum Gasteiger partial charge on any atom is -0.379 e. The lowest BCUT2D eigenvalue weighted by molar-refractivity contribution is 0.0376. The van der Waals surface area contributed by atoms with Crippen LogP contribution in [-0.4, -0.2) is 65.2 Å². The van der Waals surface area contributed by atoms with Crippen LogP contribution >= 0.6 is 11.3 Å². The first-order valence-corrected chi connectivity index (χ1v) is 9.96. The van der Waals surface area contributed by atoms with Crippen LogP contribution in [0.1, 0.15) is 16.9 Å². The molecule has 28 heavy (non-hydrogen) atoms. The fraction of sp³-hybridized carbons (Fsp3) is 0.368. The number of carbonyl (C=O) groups excluding carboxylic acids is 1. The van der Waals surface area contributed by atoms with Gasteiger partial charge in [0.25, 0.3) is 5.91 Å². The van der Waals surface area contributed by atoms with Gasteiger partial charge in [0.15, 0.2) is 5.13 Å². The molecule has 2 aromatic heterocycles. The molecule has 146 valence electrons. The molecule has 1 aliphatic rings. The van der Waals surface area contributed by atoms with Crippen molar-refractivity contribution in [3.63, 3.8) is 0 Å². The summed E-state index contributed by atoms with van der Waals surface area (Å²) in [4.78, 5) is 29.7. The first-order valence-electron chi connectivity index (χ1n) is 9.15. The Balaban J connectivity index is 1.55. The van der Waals surface area contributed by atoms with Crippen LogP contribution < -0.4 is 4.90 Å². The molecule has 0 saturated carbocycles. The maximum Gasteiger partial charge on any atom is 0.280 e. The lowest BCUT2D eigenvalue weighted by Gasteiger charge is -2.27. The number of hydrogen-bond acceptors (Lipinski definition) is 7. The average Bonchev–Trinajstić information content (AvgIpc) is 3.15. The van der Waals surface area contributed by atoms with Crippen LogP contribution in [0, 0.1) is 5.82 Å². The zero-order valence-corrected chi connectivity index (χ0v) is 16.1. The van der Waals surface area contributed by atoms with E-state index in [0.717, 1.165) is 39.3 Å². The van der Waals surface area contributed by atoms with Gasteiger partial charge in [-0.05, 0) is 24.6 Å². The molecule has 1 aromatic carbocycles. The first-order chi connectivity index (χ1) is 13.7. The molecule has 0 unspecified atom stereocenters. The number of ether oxygens (including phenoxy) is 1. The SMILES string of the molecule is O=C(c1cnccn1)N(CCCN1CCOCC1)c1nc2ccc(F)cc2s1. The van der Waals surface area contributed by atoms with Crippen molar-refractivity contribution >= 4 is 32.6 Å². The Labute approximate surface area is 165 Å². The van der Waals surface area contributed by atoms with E-state index in [1.54, 1.807) is 11.0 Å². The summed E-state index contributed by atoms with van der Waals surface area (Å²) in [6.45, 7) is 4.65. The van der Waals surface area contributed by atoms with E-state index < -0.39 is 0 Å². The quantitative estimate of drug-likeness (QED) is 0.632. The summed E-state index contributed by atoms with van der Waals surface area (Å²) in [5, 5.41) is 0.540. The molecule has 1 saturated heterocycles. The fourth-order valence-corrected chi connectivity index (χ4v) is 4.13. The molecule has 0 aliphatic carbocycles. The third-order valence-corrected chi connectivity index (χ3v) is 5.60. The van der Waals surface area contributed by atoms with E-state index in [0.29, 0.717) is 21.9 Å². The molecule has 3 aromatic rings. The normalized spacial score (nSPS) is 15.0. The standard InChI is InChI=1S/C19H20FN5O2S/c20-14-2-3-15-17(12-14)28-19(23-15)25(18(26)16-13-21-4-5-22-16)7-1-6-24-8-10-27-11-9-24/h2-5,12-13H,1,6-11H2. The third-order valence-electron chi connectivity index (χ3n) is 4.56. The third kappa shape index (κ3) is 4.32. The number of benzene rings is 1. The van der Waals surface area contributed by atoms with Crippen LogP contribution in [0.5, 0.6) is 0 Å². The second-order valence-corrected chi connectivity index (χ2v) is 7.47. The van der Waals surface area contributed by atoms with E-state index in [-0.39, 0.29) is 17.4 Å². The Morgan fingerprint density at radius 2 is 2.14 bits per heavy atom. The van der Waals surface area contributed by atoms with Gasteiger partial charge in [-0.3, -0.25) is 19.6 Å². The van der Waals surface area contributed by atoms with Crippen molar-refractivity contribution in [1.29, 1.82) is 0 Å². The second kappa shape index (κ2) is 8.68. The molecule has 4 rings (SSSR count). The summed E-state index contributed by atoms with van der Waals surface area (Å²) in [5.41, 5.74) is 0.936. The molecule has 1 aliphatic heterocycles. The minimum absolute atomic E-state index is 0.255. The molecule has 0 atom stereocenters. The van der Waals surface area contributed by atoms with Crippen LogP contribution in [0.15, 0.2) is 36.8 Å². The van der Waals surface area contributed by atoms with Crippen LogP contribution in [-0.2, 0) is 4.74 Å². The van der Waals surface area contributed by atoms with Crippen molar-refractivity contribution in [2.24, 2.45) is 0 Å². The van der Waals surface area contributed by atoms with Crippen molar-refractivity contribution in [2.45, 2.75) is 6.42 Å². The zero-order valence-electron chi connectivity index (χ0n) is 15.3. The maximum absolute atomic E-state index is 13.5. The summed E-state index contributed by atoms with van der Waals surface area (Å²) in [5.74, 6) is -0.573. The van der Waals surface area contributed by atoms with Crippen LogP contribution in [0.2, 0.25) is 0 Å². The molecule has 1 amide bonds. The Morgan fingerprint density at radius 1 is 1.29 bits per heavy atom. The van der Waals surface area contributed by atoms with Crippen molar-refractivity contribution < 1.29 is 13.9 Å². The zero-order chi connectivity index (χ0) is 19.3. The minimum atomic E-state index is -0.318. The molecule has 0 N–H and O–H groups in total. The highest BCUT2D eigenvalue weighted by Crippen LogP contribution is 2.30. The molecular formula is C19H20FN5O2S. The van der Waals surface area contributed by atoms with Crippen LogP contribution in [0.4, 0.5) is 9.52 Å². The van der Waals surface area contributed by atoms with E-state index >= 15 is 0 Å². The van der Waals surface area contributed by atoms with Gasteiger partial charge in [-0.1, -0.05) is 11.3 Å². The predicted octanol–water partition coefficient (Wildman–Crippen LogP) is 2.59. The number of aromatic nitrogens is 3. The van der Waals surface area contributed by atoms with E-state index in [1.165, 1.54) is 42.1 Å². The number of hydrogen-bond donors (Lipinski definition) is 0. The molecule has 3 heterocycles. The largest absolute Gasteiger partial charge is 0.379 e. The summed E-state index contributed by atoms with van der Waals surface area (Å²) in [7, 11) is 0. The van der Waals surface area contributed by atoms with Crippen LogP contribution in [0.3, 0.4) is 0 Å². The smallest absolute Gasteiger partial charge is 0.280 e. The number of nitrogens with zero attached hydrogens (tertiary/aromatic N) is 5. The highest BCUT2D eigenvalue weighted by Gasteiger charge is 2.23. The van der Waals surface area contributed by atoms with Gasteiger partial charge >= 0.3 is 0 Å². The van der Waals surface area contributed by atoms with Gasteiger partial charge in [0.05, 0.1) is 29.6 Å². The molecule has 0 bridgehead atoms. The lowest BCUT2D eigenvalue weighted by Crippen LogP contribution is -2.39. The number of carbonyl (C=O) groups is 1. The Kier molecular flexibility index (Phi) is 5.84. The van der Waals surface area contributed by atoms with Crippen molar-refractivity contribution in [3.05, 3.63) is 48.3 Å². The highest BCUT2D eigenvalue weighted by molar-refractivity contribution is 7.22. The second-order valence-electron chi connectivity index (χ2n) is 6.46. The molecule has 7 nitrogen and oxygen atoms in total. The van der Waals surface area contributed by atoms with Gasteiger partial charge in [-0.15, -0.1) is 0 Å². The topological polar surface area (TPSA) is 71.5 Å². The van der Waals surface area contributed by atoms with Crippen molar-refractivity contribution in [2.75, 3.05) is 44.3 Å². The number of anilines is 1. The molecule has 0 radical (unpaired) electrons. The first kappa shape index (κ1) is 18.9. The summed E-state index contributed by atoms with van der Waals surface area (Å²) < 4.78 is 19.6. The van der Waals surface area contributed by atoms with E-state index in [9.17, 15) is 9.18 Å². The molecule has 9 heteroatoms.